The van der Waals surface area contributed by atoms with E-state index < -0.39 is 0 Å². The van der Waals surface area contributed by atoms with Gasteiger partial charge in [-0.25, -0.2) is 0 Å². The third-order valence-electron chi connectivity index (χ3n) is 2.05. The third-order valence-corrected chi connectivity index (χ3v) is 2.29. The van der Waals surface area contributed by atoms with Crippen LogP contribution in [0.15, 0.2) is 24.3 Å². The molecule has 5 heteroatoms. The number of aliphatic hydroxyl groups is 1. The van der Waals surface area contributed by atoms with Crippen molar-refractivity contribution in [1.82, 2.24) is 5.32 Å². The van der Waals surface area contributed by atoms with E-state index in [-0.39, 0.29) is 18.9 Å². The number of ether oxygens (including phenoxy) is 1. The highest BCUT2D eigenvalue weighted by atomic mass is 35.5. The van der Waals surface area contributed by atoms with Crippen LogP contribution < -0.4 is 10.1 Å². The third kappa shape index (κ3) is 6.14. The van der Waals surface area contributed by atoms with E-state index in [9.17, 15) is 4.79 Å². The standard InChI is InChI=1S/C12H16ClNO3/c13-10-3-1-4-11(9-10)17-8-5-12(16)14-6-2-7-15/h1,3-4,9,15H,2,5-8H2,(H,14,16). The molecule has 0 heterocycles. The molecule has 1 amide bonds. The van der Waals surface area contributed by atoms with Gasteiger partial charge in [0.25, 0.3) is 0 Å². The number of carbonyl (C=O) groups excluding carboxylic acids is 1. The molecule has 0 spiro atoms. The van der Waals surface area contributed by atoms with E-state index >= 15 is 0 Å². The lowest BCUT2D eigenvalue weighted by molar-refractivity contribution is -0.121. The van der Waals surface area contributed by atoms with E-state index in [0.717, 1.165) is 0 Å². The molecule has 0 fully saturated rings. The van der Waals surface area contributed by atoms with Crippen LogP contribution in [0.4, 0.5) is 0 Å². The van der Waals surface area contributed by atoms with E-state index in [4.69, 9.17) is 21.4 Å². The summed E-state index contributed by atoms with van der Waals surface area (Å²) < 4.78 is 5.37. The van der Waals surface area contributed by atoms with Gasteiger partial charge in [-0.1, -0.05) is 17.7 Å². The first-order chi connectivity index (χ1) is 8.22. The van der Waals surface area contributed by atoms with Gasteiger partial charge >= 0.3 is 0 Å². The number of benzene rings is 1. The first kappa shape index (κ1) is 13.8. The van der Waals surface area contributed by atoms with Crippen molar-refractivity contribution in [2.24, 2.45) is 0 Å². The quantitative estimate of drug-likeness (QED) is 0.730. The summed E-state index contributed by atoms with van der Waals surface area (Å²) in [5.41, 5.74) is 0. The van der Waals surface area contributed by atoms with Crippen LogP contribution in [0, 0.1) is 0 Å². The van der Waals surface area contributed by atoms with E-state index in [1.807, 2.05) is 0 Å². The molecule has 4 nitrogen and oxygen atoms in total. The number of halogens is 1. The molecule has 94 valence electrons. The van der Waals surface area contributed by atoms with Gasteiger partial charge < -0.3 is 15.2 Å². The molecule has 0 aromatic heterocycles. The van der Waals surface area contributed by atoms with Gasteiger partial charge in [-0.15, -0.1) is 0 Å². The largest absolute Gasteiger partial charge is 0.493 e. The second kappa shape index (κ2) is 7.92. The molecule has 2 N–H and O–H groups in total. The van der Waals surface area contributed by atoms with Crippen LogP contribution in [0.1, 0.15) is 12.8 Å². The Morgan fingerprint density at radius 1 is 1.47 bits per heavy atom. The van der Waals surface area contributed by atoms with E-state index in [1.165, 1.54) is 0 Å². The minimum atomic E-state index is -0.0829. The number of nitrogens with one attached hydrogen (secondary N) is 1. The lowest BCUT2D eigenvalue weighted by Gasteiger charge is -2.07. The first-order valence-electron chi connectivity index (χ1n) is 5.48. The van der Waals surface area contributed by atoms with Gasteiger partial charge in [0.15, 0.2) is 0 Å². The summed E-state index contributed by atoms with van der Waals surface area (Å²) in [6.07, 6.45) is 0.860. The summed E-state index contributed by atoms with van der Waals surface area (Å²) in [6.45, 7) is 0.886. The maximum Gasteiger partial charge on any atom is 0.223 e. The van der Waals surface area contributed by atoms with Crippen molar-refractivity contribution in [3.63, 3.8) is 0 Å². The van der Waals surface area contributed by atoms with Crippen molar-refractivity contribution in [2.75, 3.05) is 19.8 Å². The average Bonchev–Trinajstić information content (AvgIpc) is 2.29. The SMILES string of the molecule is O=C(CCOc1cccc(Cl)c1)NCCCO. The predicted octanol–water partition coefficient (Wildman–Crippen LogP) is 1.61. The van der Waals surface area contributed by atoms with E-state index in [2.05, 4.69) is 5.32 Å². The first-order valence-corrected chi connectivity index (χ1v) is 5.86. The van der Waals surface area contributed by atoms with Crippen molar-refractivity contribution >= 4 is 17.5 Å². The summed E-state index contributed by atoms with van der Waals surface area (Å²) in [5.74, 6) is 0.570. The molecule has 17 heavy (non-hydrogen) atoms. The highest BCUT2D eigenvalue weighted by molar-refractivity contribution is 6.30. The van der Waals surface area contributed by atoms with Crippen LogP contribution in [-0.4, -0.2) is 30.8 Å². The molecule has 1 aromatic rings. The second-order valence-corrected chi connectivity index (χ2v) is 3.92. The Kier molecular flexibility index (Phi) is 6.43. The maximum absolute atomic E-state index is 11.3. The molecule has 0 saturated heterocycles. The summed E-state index contributed by atoms with van der Waals surface area (Å²) in [5, 5.41) is 11.8. The number of hydrogen-bond acceptors (Lipinski definition) is 3. The van der Waals surface area contributed by atoms with E-state index in [0.29, 0.717) is 30.3 Å². The van der Waals surface area contributed by atoms with Crippen LogP contribution in [0.2, 0.25) is 5.02 Å². The van der Waals surface area contributed by atoms with Gasteiger partial charge in [0.1, 0.15) is 5.75 Å². The zero-order chi connectivity index (χ0) is 12.5. The maximum atomic E-state index is 11.3. The fraction of sp³-hybridized carbons (Fsp3) is 0.417. The van der Waals surface area contributed by atoms with Crippen molar-refractivity contribution in [3.8, 4) is 5.75 Å². The van der Waals surface area contributed by atoms with Gasteiger partial charge in [-0.05, 0) is 24.6 Å². The summed E-state index contributed by atoms with van der Waals surface area (Å²) >= 11 is 5.79. The van der Waals surface area contributed by atoms with Gasteiger partial charge in [-0.2, -0.15) is 0 Å². The van der Waals surface area contributed by atoms with Crippen molar-refractivity contribution in [2.45, 2.75) is 12.8 Å². The second-order valence-electron chi connectivity index (χ2n) is 3.48. The molecule has 0 saturated carbocycles. The van der Waals surface area contributed by atoms with Gasteiger partial charge in [0, 0.05) is 18.2 Å². The van der Waals surface area contributed by atoms with Crippen LogP contribution in [-0.2, 0) is 4.79 Å². The van der Waals surface area contributed by atoms with E-state index in [1.54, 1.807) is 24.3 Å². The topological polar surface area (TPSA) is 58.6 Å². The van der Waals surface area contributed by atoms with Crippen LogP contribution >= 0.6 is 11.6 Å². The minimum Gasteiger partial charge on any atom is -0.493 e. The predicted molar refractivity (Wildman–Crippen MR) is 66.3 cm³/mol. The molecule has 0 radical (unpaired) electrons. The van der Waals surface area contributed by atoms with Gasteiger partial charge in [0.2, 0.25) is 5.91 Å². The molecule has 0 bridgehead atoms. The lowest BCUT2D eigenvalue weighted by atomic mass is 10.3. The van der Waals surface area contributed by atoms with Crippen LogP contribution in [0.25, 0.3) is 0 Å². The Bertz CT molecular complexity index is 357. The Balaban J connectivity index is 2.17. The van der Waals surface area contributed by atoms with Crippen molar-refractivity contribution in [3.05, 3.63) is 29.3 Å². The number of carbonyl (C=O) groups is 1. The monoisotopic (exact) mass is 257 g/mol. The summed E-state index contributed by atoms with van der Waals surface area (Å²) in [6, 6.07) is 7.04. The molecule has 1 rings (SSSR count). The fourth-order valence-corrected chi connectivity index (χ4v) is 1.39. The fourth-order valence-electron chi connectivity index (χ4n) is 1.21. The highest BCUT2D eigenvalue weighted by Crippen LogP contribution is 2.16. The lowest BCUT2D eigenvalue weighted by Crippen LogP contribution is -2.26. The average molecular weight is 258 g/mol. The molecule has 0 aliphatic carbocycles. The number of hydrogen-bond donors (Lipinski definition) is 2. The smallest absolute Gasteiger partial charge is 0.223 e. The van der Waals surface area contributed by atoms with Crippen LogP contribution in [0.3, 0.4) is 0 Å². The zero-order valence-corrected chi connectivity index (χ0v) is 10.2. The van der Waals surface area contributed by atoms with Gasteiger partial charge in [0.05, 0.1) is 13.0 Å². The van der Waals surface area contributed by atoms with Crippen molar-refractivity contribution < 1.29 is 14.6 Å². The molecular weight excluding hydrogens is 242 g/mol. The molecule has 1 aromatic carbocycles. The number of rotatable bonds is 7. The molecular formula is C12H16ClNO3. The molecule has 0 atom stereocenters. The van der Waals surface area contributed by atoms with Crippen molar-refractivity contribution in [1.29, 1.82) is 0 Å². The normalized spacial score (nSPS) is 10.0. The number of amides is 1. The molecule has 0 unspecified atom stereocenters. The Labute approximate surface area is 106 Å². The number of aliphatic hydroxyl groups excluding tert-OH is 1. The Hall–Kier alpha value is -1.26. The van der Waals surface area contributed by atoms with Crippen LogP contribution in [0.5, 0.6) is 5.75 Å². The highest BCUT2D eigenvalue weighted by Gasteiger charge is 2.01. The summed E-state index contributed by atoms with van der Waals surface area (Å²) in [7, 11) is 0. The molecule has 0 aliphatic heterocycles. The molecule has 0 aliphatic rings. The van der Waals surface area contributed by atoms with Gasteiger partial charge in [-0.3, -0.25) is 4.79 Å². The minimum absolute atomic E-state index is 0.0826. The summed E-state index contributed by atoms with van der Waals surface area (Å²) in [4.78, 5) is 11.3. The Morgan fingerprint density at radius 3 is 3.00 bits per heavy atom. The Morgan fingerprint density at radius 2 is 2.29 bits per heavy atom. The zero-order valence-electron chi connectivity index (χ0n) is 9.49.